The van der Waals surface area contributed by atoms with Gasteiger partial charge in [0, 0.05) is 0 Å². The summed E-state index contributed by atoms with van der Waals surface area (Å²) in [7, 11) is 3.22. The van der Waals surface area contributed by atoms with Crippen LogP contribution in [0.3, 0.4) is 0 Å². The van der Waals surface area contributed by atoms with Crippen molar-refractivity contribution >= 4 is 11.4 Å². The van der Waals surface area contributed by atoms with Crippen LogP contribution in [0.5, 0.6) is 11.5 Å². The summed E-state index contributed by atoms with van der Waals surface area (Å²) in [6.07, 6.45) is 0.708. The van der Waals surface area contributed by atoms with E-state index in [1.165, 1.54) is 0 Å². The predicted octanol–water partition coefficient (Wildman–Crippen LogP) is 2.46. The van der Waals surface area contributed by atoms with Crippen molar-refractivity contribution in [2.24, 2.45) is 0 Å². The molecule has 2 rings (SSSR count). The number of para-hydroxylation sites is 1. The number of hydrogen-bond acceptors (Lipinski definition) is 4. The lowest BCUT2D eigenvalue weighted by Crippen LogP contribution is -2.00. The van der Waals surface area contributed by atoms with Crippen LogP contribution in [-0.4, -0.2) is 14.2 Å². The molecule has 0 heterocycles. The second-order valence-corrected chi connectivity index (χ2v) is 4.29. The van der Waals surface area contributed by atoms with Crippen molar-refractivity contribution in [2.75, 3.05) is 25.7 Å². The Morgan fingerprint density at radius 1 is 0.947 bits per heavy atom. The average Bonchev–Trinajstić information content (AvgIpc) is 2.43. The molecule has 2 aromatic rings. The van der Waals surface area contributed by atoms with Crippen molar-refractivity contribution in [2.45, 2.75) is 6.42 Å². The van der Waals surface area contributed by atoms with Gasteiger partial charge in [-0.3, -0.25) is 0 Å². The van der Waals surface area contributed by atoms with E-state index >= 15 is 0 Å². The highest BCUT2D eigenvalue weighted by Gasteiger charge is 2.07. The molecule has 0 radical (unpaired) electrons. The molecule has 0 atom stereocenters. The Labute approximate surface area is 112 Å². The van der Waals surface area contributed by atoms with Crippen molar-refractivity contribution in [1.82, 2.24) is 0 Å². The van der Waals surface area contributed by atoms with Crippen molar-refractivity contribution in [3.05, 3.63) is 47.5 Å². The van der Waals surface area contributed by atoms with E-state index in [0.29, 0.717) is 29.3 Å². The number of hydrogen-bond donors (Lipinski definition) is 2. The third-order valence-electron chi connectivity index (χ3n) is 3.07. The molecular formula is C15H18N2O2. The normalized spacial score (nSPS) is 10.2. The highest BCUT2D eigenvalue weighted by atomic mass is 16.5. The minimum absolute atomic E-state index is 0.630. The predicted molar refractivity (Wildman–Crippen MR) is 77.6 cm³/mol. The second kappa shape index (κ2) is 5.52. The molecule has 0 spiro atoms. The van der Waals surface area contributed by atoms with Gasteiger partial charge in [-0.1, -0.05) is 18.2 Å². The summed E-state index contributed by atoms with van der Waals surface area (Å²) < 4.78 is 10.4. The van der Waals surface area contributed by atoms with Crippen LogP contribution in [0.4, 0.5) is 11.4 Å². The molecule has 0 fully saturated rings. The van der Waals surface area contributed by atoms with Gasteiger partial charge < -0.3 is 20.9 Å². The van der Waals surface area contributed by atoms with Crippen LogP contribution in [0.25, 0.3) is 0 Å². The molecule has 0 bridgehead atoms. The highest BCUT2D eigenvalue weighted by molar-refractivity contribution is 5.60. The molecular weight excluding hydrogens is 240 g/mol. The van der Waals surface area contributed by atoms with Gasteiger partial charge in [0.15, 0.2) is 0 Å². The van der Waals surface area contributed by atoms with Gasteiger partial charge in [-0.15, -0.1) is 0 Å². The first kappa shape index (κ1) is 13.1. The maximum atomic E-state index is 6.06. The summed E-state index contributed by atoms with van der Waals surface area (Å²) in [5.41, 5.74) is 15.3. The Morgan fingerprint density at radius 2 is 1.68 bits per heavy atom. The first-order chi connectivity index (χ1) is 9.15. The van der Waals surface area contributed by atoms with Gasteiger partial charge >= 0.3 is 0 Å². The van der Waals surface area contributed by atoms with Crippen LogP contribution in [-0.2, 0) is 6.42 Å². The van der Waals surface area contributed by atoms with E-state index in [1.807, 2.05) is 36.4 Å². The van der Waals surface area contributed by atoms with Gasteiger partial charge in [-0.2, -0.15) is 0 Å². The molecule has 0 aliphatic carbocycles. The Morgan fingerprint density at radius 3 is 2.37 bits per heavy atom. The zero-order valence-electron chi connectivity index (χ0n) is 11.1. The van der Waals surface area contributed by atoms with Crippen molar-refractivity contribution in [1.29, 1.82) is 0 Å². The van der Waals surface area contributed by atoms with E-state index in [4.69, 9.17) is 20.9 Å². The zero-order valence-corrected chi connectivity index (χ0v) is 11.1. The second-order valence-electron chi connectivity index (χ2n) is 4.29. The summed E-state index contributed by atoms with van der Waals surface area (Å²) in [5, 5.41) is 0. The summed E-state index contributed by atoms with van der Waals surface area (Å²) in [6.45, 7) is 0. The maximum Gasteiger partial charge on any atom is 0.142 e. The minimum atomic E-state index is 0.630. The Balaban J connectivity index is 2.31. The maximum absolute atomic E-state index is 6.06. The minimum Gasteiger partial charge on any atom is -0.495 e. The lowest BCUT2D eigenvalue weighted by molar-refractivity contribution is 0.416. The zero-order chi connectivity index (χ0) is 13.8. The Hall–Kier alpha value is -2.36. The smallest absolute Gasteiger partial charge is 0.142 e. The third kappa shape index (κ3) is 2.73. The molecule has 4 N–H and O–H groups in total. The van der Waals surface area contributed by atoms with E-state index in [9.17, 15) is 0 Å². The number of nitrogen functional groups attached to an aromatic ring is 2. The number of benzene rings is 2. The van der Waals surface area contributed by atoms with Gasteiger partial charge in [0.05, 0.1) is 25.6 Å². The summed E-state index contributed by atoms with van der Waals surface area (Å²) in [5.74, 6) is 1.37. The lowest BCUT2D eigenvalue weighted by Gasteiger charge is -2.11. The van der Waals surface area contributed by atoms with E-state index in [-0.39, 0.29) is 0 Å². The van der Waals surface area contributed by atoms with Crippen molar-refractivity contribution in [3.8, 4) is 11.5 Å². The molecule has 4 nitrogen and oxygen atoms in total. The van der Waals surface area contributed by atoms with E-state index in [1.54, 1.807) is 14.2 Å². The fraction of sp³-hybridized carbons (Fsp3) is 0.200. The number of rotatable bonds is 4. The topological polar surface area (TPSA) is 70.5 Å². The number of nitrogens with two attached hydrogens (primary N) is 2. The molecule has 0 unspecified atom stereocenters. The van der Waals surface area contributed by atoms with Crippen LogP contribution in [0.15, 0.2) is 36.4 Å². The molecule has 19 heavy (non-hydrogen) atoms. The van der Waals surface area contributed by atoms with E-state index in [2.05, 4.69) is 0 Å². The molecule has 100 valence electrons. The van der Waals surface area contributed by atoms with Crippen LogP contribution in [0.2, 0.25) is 0 Å². The monoisotopic (exact) mass is 258 g/mol. The highest BCUT2D eigenvalue weighted by Crippen LogP contribution is 2.29. The summed E-state index contributed by atoms with van der Waals surface area (Å²) in [4.78, 5) is 0. The first-order valence-electron chi connectivity index (χ1n) is 5.99. The van der Waals surface area contributed by atoms with Gasteiger partial charge in [0.2, 0.25) is 0 Å². The largest absolute Gasteiger partial charge is 0.495 e. The van der Waals surface area contributed by atoms with Gasteiger partial charge in [0.25, 0.3) is 0 Å². The standard InChI is InChI=1S/C15H18N2O2/c1-18-13-5-3-4-11(15(13)17)8-10-6-7-12(16)14(9-10)19-2/h3-7,9H,8,16-17H2,1-2H3. The number of anilines is 2. The summed E-state index contributed by atoms with van der Waals surface area (Å²) >= 11 is 0. The van der Waals surface area contributed by atoms with Crippen LogP contribution in [0.1, 0.15) is 11.1 Å². The van der Waals surface area contributed by atoms with Gasteiger partial charge in [-0.05, 0) is 35.7 Å². The first-order valence-corrected chi connectivity index (χ1v) is 5.99. The quantitative estimate of drug-likeness (QED) is 0.826. The van der Waals surface area contributed by atoms with E-state index < -0.39 is 0 Å². The fourth-order valence-electron chi connectivity index (χ4n) is 2.01. The molecule has 0 aromatic heterocycles. The SMILES string of the molecule is COc1cc(Cc2cccc(OC)c2N)ccc1N. The molecule has 0 saturated heterocycles. The van der Waals surface area contributed by atoms with Gasteiger partial charge in [-0.25, -0.2) is 0 Å². The average molecular weight is 258 g/mol. The lowest BCUT2D eigenvalue weighted by atomic mass is 10.0. The summed E-state index contributed by atoms with van der Waals surface area (Å²) in [6, 6.07) is 11.5. The Kier molecular flexibility index (Phi) is 3.80. The number of methoxy groups -OCH3 is 2. The molecule has 0 aliphatic rings. The Bertz CT molecular complexity index is 582. The van der Waals surface area contributed by atoms with Crippen LogP contribution in [0, 0.1) is 0 Å². The van der Waals surface area contributed by atoms with Crippen molar-refractivity contribution in [3.63, 3.8) is 0 Å². The van der Waals surface area contributed by atoms with E-state index in [0.717, 1.165) is 11.1 Å². The molecule has 0 saturated carbocycles. The van der Waals surface area contributed by atoms with Gasteiger partial charge in [0.1, 0.15) is 11.5 Å². The van der Waals surface area contributed by atoms with Crippen LogP contribution >= 0.6 is 0 Å². The molecule has 0 amide bonds. The number of ether oxygens (including phenoxy) is 2. The third-order valence-corrected chi connectivity index (χ3v) is 3.07. The van der Waals surface area contributed by atoms with Crippen molar-refractivity contribution < 1.29 is 9.47 Å². The van der Waals surface area contributed by atoms with Crippen LogP contribution < -0.4 is 20.9 Å². The molecule has 0 aliphatic heterocycles. The molecule has 4 heteroatoms. The molecule has 2 aromatic carbocycles. The fourth-order valence-corrected chi connectivity index (χ4v) is 2.01.